The van der Waals surface area contributed by atoms with Crippen molar-refractivity contribution in [2.75, 3.05) is 45.2 Å². The fourth-order valence-corrected chi connectivity index (χ4v) is 6.56. The standard InChI is InChI=1S/C29H34N4O4S2.ClH/c1-5-32(21-22-11-8-7-9-12-22)39(35,36)24-17-15-23(16-18-24)28(34)33(20-19-31(3)4)29-30-27-25(37-6-2)13-10-14-26(27)38-29;/h7-18H,5-6,19-21H2,1-4H3;1H. The van der Waals surface area contributed by atoms with E-state index in [2.05, 4.69) is 0 Å². The first-order valence-corrected chi connectivity index (χ1v) is 15.1. The number of hydrogen-bond donors (Lipinski definition) is 0. The highest BCUT2D eigenvalue weighted by Crippen LogP contribution is 2.35. The van der Waals surface area contributed by atoms with Gasteiger partial charge in [-0.25, -0.2) is 13.4 Å². The maximum absolute atomic E-state index is 13.7. The quantitative estimate of drug-likeness (QED) is 0.212. The number of nitrogens with zero attached hydrogens (tertiary/aromatic N) is 4. The van der Waals surface area contributed by atoms with Crippen LogP contribution in [0.25, 0.3) is 10.2 Å². The van der Waals surface area contributed by atoms with Gasteiger partial charge in [-0.3, -0.25) is 9.69 Å². The first-order valence-electron chi connectivity index (χ1n) is 12.9. The van der Waals surface area contributed by atoms with Crippen LogP contribution in [0.5, 0.6) is 5.75 Å². The zero-order valence-corrected chi connectivity index (χ0v) is 25.6. The molecule has 0 saturated carbocycles. The van der Waals surface area contributed by atoms with E-state index in [0.29, 0.717) is 42.7 Å². The molecule has 214 valence electrons. The van der Waals surface area contributed by atoms with Gasteiger partial charge in [-0.1, -0.05) is 54.7 Å². The number of hydrogen-bond acceptors (Lipinski definition) is 7. The molecule has 0 radical (unpaired) electrons. The summed E-state index contributed by atoms with van der Waals surface area (Å²) >= 11 is 1.43. The van der Waals surface area contributed by atoms with E-state index in [-0.39, 0.29) is 29.8 Å². The number of thiazole rings is 1. The average Bonchev–Trinajstić information content (AvgIpc) is 3.37. The number of ether oxygens (including phenoxy) is 1. The van der Waals surface area contributed by atoms with E-state index in [9.17, 15) is 13.2 Å². The van der Waals surface area contributed by atoms with Gasteiger partial charge in [0.25, 0.3) is 5.91 Å². The zero-order chi connectivity index (χ0) is 28.0. The third-order valence-electron chi connectivity index (χ3n) is 6.21. The molecule has 4 rings (SSSR count). The van der Waals surface area contributed by atoms with Gasteiger partial charge in [0.15, 0.2) is 5.13 Å². The van der Waals surface area contributed by atoms with Crippen molar-refractivity contribution in [3.05, 3.63) is 83.9 Å². The Morgan fingerprint density at radius 3 is 2.25 bits per heavy atom. The van der Waals surface area contributed by atoms with Crippen molar-refractivity contribution in [1.82, 2.24) is 14.2 Å². The summed E-state index contributed by atoms with van der Waals surface area (Å²) in [7, 11) is 0.159. The number of anilines is 1. The fourth-order valence-electron chi connectivity index (χ4n) is 4.11. The van der Waals surface area contributed by atoms with Gasteiger partial charge in [-0.05, 0) is 63.0 Å². The predicted octanol–water partition coefficient (Wildman–Crippen LogP) is 5.54. The predicted molar refractivity (Wildman–Crippen MR) is 164 cm³/mol. The van der Waals surface area contributed by atoms with Gasteiger partial charge in [0.05, 0.1) is 16.2 Å². The fraction of sp³-hybridized carbons (Fsp3) is 0.310. The normalized spacial score (nSPS) is 11.6. The molecule has 3 aromatic carbocycles. The molecule has 11 heteroatoms. The number of likely N-dealkylation sites (N-methyl/N-ethyl adjacent to an activating group) is 1. The smallest absolute Gasteiger partial charge is 0.260 e. The van der Waals surface area contributed by atoms with E-state index >= 15 is 0 Å². The van der Waals surface area contributed by atoms with E-state index in [1.807, 2.05) is 81.4 Å². The number of amides is 1. The Labute approximate surface area is 246 Å². The molecule has 0 aliphatic rings. The van der Waals surface area contributed by atoms with Gasteiger partial charge in [0.2, 0.25) is 10.0 Å². The molecule has 1 amide bonds. The van der Waals surface area contributed by atoms with Gasteiger partial charge in [-0.2, -0.15) is 4.31 Å². The first-order chi connectivity index (χ1) is 18.7. The molecule has 0 N–H and O–H groups in total. The third-order valence-corrected chi connectivity index (χ3v) is 9.19. The number of para-hydroxylation sites is 1. The molecule has 0 unspecified atom stereocenters. The van der Waals surface area contributed by atoms with Gasteiger partial charge < -0.3 is 9.64 Å². The number of halogens is 1. The second-order valence-electron chi connectivity index (χ2n) is 9.23. The lowest BCUT2D eigenvalue weighted by Gasteiger charge is -2.23. The van der Waals surface area contributed by atoms with Gasteiger partial charge in [0, 0.05) is 31.7 Å². The van der Waals surface area contributed by atoms with Crippen LogP contribution in [-0.2, 0) is 16.6 Å². The lowest BCUT2D eigenvalue weighted by atomic mass is 10.2. The SMILES string of the molecule is CCOc1cccc2sc(N(CCN(C)C)C(=O)c3ccc(S(=O)(=O)N(CC)Cc4ccccc4)cc3)nc12.Cl. The molecule has 0 aliphatic carbocycles. The summed E-state index contributed by atoms with van der Waals surface area (Å²) in [5.41, 5.74) is 2.03. The minimum Gasteiger partial charge on any atom is -0.492 e. The summed E-state index contributed by atoms with van der Waals surface area (Å²) in [4.78, 5) is 22.3. The van der Waals surface area contributed by atoms with Crippen molar-refractivity contribution >= 4 is 55.0 Å². The van der Waals surface area contributed by atoms with E-state index < -0.39 is 10.0 Å². The van der Waals surface area contributed by atoms with Crippen LogP contribution in [0, 0.1) is 0 Å². The summed E-state index contributed by atoms with van der Waals surface area (Å²) in [6.07, 6.45) is 0. The summed E-state index contributed by atoms with van der Waals surface area (Å²) in [5, 5.41) is 0.570. The largest absolute Gasteiger partial charge is 0.492 e. The molecule has 0 spiro atoms. The van der Waals surface area contributed by atoms with Crippen molar-refractivity contribution in [2.45, 2.75) is 25.3 Å². The molecule has 1 heterocycles. The summed E-state index contributed by atoms with van der Waals surface area (Å²) in [5.74, 6) is 0.442. The monoisotopic (exact) mass is 602 g/mol. The summed E-state index contributed by atoms with van der Waals surface area (Å²) < 4.78 is 34.8. The van der Waals surface area contributed by atoms with E-state index in [1.165, 1.54) is 27.8 Å². The Hall–Kier alpha value is -3.02. The molecule has 0 atom stereocenters. The van der Waals surface area contributed by atoms with Gasteiger partial charge in [0.1, 0.15) is 11.3 Å². The highest BCUT2D eigenvalue weighted by atomic mass is 35.5. The topological polar surface area (TPSA) is 83.0 Å². The van der Waals surface area contributed by atoms with Gasteiger partial charge >= 0.3 is 0 Å². The zero-order valence-electron chi connectivity index (χ0n) is 23.1. The molecule has 0 aliphatic heterocycles. The summed E-state index contributed by atoms with van der Waals surface area (Å²) in [6, 6.07) is 21.4. The Bertz CT molecular complexity index is 1510. The number of carbonyl (C=O) groups is 1. The molecule has 0 saturated heterocycles. The van der Waals surface area contributed by atoms with Crippen molar-refractivity contribution in [3.63, 3.8) is 0 Å². The second-order valence-corrected chi connectivity index (χ2v) is 12.2. The third kappa shape index (κ3) is 7.18. The van der Waals surface area contributed by atoms with Crippen LogP contribution < -0.4 is 9.64 Å². The Kier molecular flexibility index (Phi) is 11.1. The van der Waals surface area contributed by atoms with Crippen molar-refractivity contribution in [3.8, 4) is 5.75 Å². The molecule has 8 nitrogen and oxygen atoms in total. The van der Waals surface area contributed by atoms with Crippen molar-refractivity contribution in [2.24, 2.45) is 0 Å². The number of carbonyl (C=O) groups excluding carboxylic acids is 1. The van der Waals surface area contributed by atoms with Crippen LogP contribution in [-0.4, -0.2) is 68.9 Å². The van der Waals surface area contributed by atoms with Crippen LogP contribution in [0.15, 0.2) is 77.7 Å². The van der Waals surface area contributed by atoms with Gasteiger partial charge in [-0.15, -0.1) is 12.4 Å². The minimum atomic E-state index is -3.74. The van der Waals surface area contributed by atoms with Crippen LogP contribution in [0.2, 0.25) is 0 Å². The average molecular weight is 603 g/mol. The molecule has 40 heavy (non-hydrogen) atoms. The molecular weight excluding hydrogens is 568 g/mol. The van der Waals surface area contributed by atoms with E-state index in [0.717, 1.165) is 15.8 Å². The molecule has 0 fully saturated rings. The lowest BCUT2D eigenvalue weighted by molar-refractivity contribution is 0.0985. The second kappa shape index (κ2) is 14.0. The van der Waals surface area contributed by atoms with Crippen LogP contribution in [0.1, 0.15) is 29.8 Å². The van der Waals surface area contributed by atoms with E-state index in [4.69, 9.17) is 9.72 Å². The molecule has 0 bridgehead atoms. The highest BCUT2D eigenvalue weighted by Gasteiger charge is 2.26. The lowest BCUT2D eigenvalue weighted by Crippen LogP contribution is -2.36. The number of aromatic nitrogens is 1. The van der Waals surface area contributed by atoms with Crippen LogP contribution in [0.3, 0.4) is 0 Å². The molecule has 4 aromatic rings. The molecular formula is C29H35ClN4O4S2. The van der Waals surface area contributed by atoms with Crippen molar-refractivity contribution in [1.29, 1.82) is 0 Å². The molecule has 1 aromatic heterocycles. The maximum Gasteiger partial charge on any atom is 0.260 e. The van der Waals surface area contributed by atoms with Crippen molar-refractivity contribution < 1.29 is 17.9 Å². The minimum absolute atomic E-state index is 0. The highest BCUT2D eigenvalue weighted by molar-refractivity contribution is 7.89. The van der Waals surface area contributed by atoms with E-state index in [1.54, 1.807) is 17.0 Å². The Morgan fingerprint density at radius 1 is 0.925 bits per heavy atom. The van der Waals surface area contributed by atoms with Crippen LogP contribution >= 0.6 is 23.7 Å². The Balaban J connectivity index is 0.00000441. The van der Waals surface area contributed by atoms with Crippen LogP contribution in [0.4, 0.5) is 5.13 Å². The number of sulfonamides is 1. The summed E-state index contributed by atoms with van der Waals surface area (Å²) in [6.45, 7) is 5.93. The number of benzene rings is 3. The maximum atomic E-state index is 13.7. The number of fused-ring (bicyclic) bond motifs is 1. The number of rotatable bonds is 12. The Morgan fingerprint density at radius 2 is 1.62 bits per heavy atom. The first kappa shape index (κ1) is 31.5.